The number of hydrogen-bond acceptors (Lipinski definition) is 7. The van der Waals surface area contributed by atoms with Crippen LogP contribution in [0.1, 0.15) is 205 Å². The Kier molecular flexibility index (Phi) is 23.9. The predicted octanol–water partition coefficient (Wildman–Crippen LogP) is 13.9. The van der Waals surface area contributed by atoms with Gasteiger partial charge in [0.15, 0.2) is 0 Å². The smallest absolute Gasteiger partial charge is 0.872 e. The Bertz CT molecular complexity index is 2150. The number of nitrogens with one attached hydrogen (secondary N) is 1. The molecule has 0 aliphatic carbocycles. The van der Waals surface area contributed by atoms with Crippen LogP contribution in [0.3, 0.4) is 0 Å². The van der Waals surface area contributed by atoms with E-state index in [2.05, 4.69) is 183 Å². The van der Waals surface area contributed by atoms with Gasteiger partial charge in [0.2, 0.25) is 0 Å². The van der Waals surface area contributed by atoms with Crippen LogP contribution in [0.2, 0.25) is 0 Å². The fourth-order valence-corrected chi connectivity index (χ4v) is 9.15. The van der Waals surface area contributed by atoms with Crippen molar-refractivity contribution in [2.24, 2.45) is 0 Å². The summed E-state index contributed by atoms with van der Waals surface area (Å²) in [7, 11) is 0. The van der Waals surface area contributed by atoms with E-state index in [9.17, 15) is 15.3 Å². The first-order valence-corrected chi connectivity index (χ1v) is 26.9. The topological polar surface area (TPSA) is 112 Å². The van der Waals surface area contributed by atoms with Crippen LogP contribution in [0.5, 0.6) is 17.2 Å². The van der Waals surface area contributed by atoms with Crippen molar-refractivity contribution in [3.05, 3.63) is 121 Å². The van der Waals surface area contributed by atoms with Crippen LogP contribution in [-0.2, 0) is 56.9 Å². The molecule has 1 aliphatic rings. The Balaban J connectivity index is 0.000000979. The summed E-state index contributed by atoms with van der Waals surface area (Å²) in [5.41, 5.74) is 19.1. The van der Waals surface area contributed by atoms with Gasteiger partial charge >= 0.3 is 31.1 Å². The van der Waals surface area contributed by atoms with Gasteiger partial charge in [-0.2, -0.15) is 0 Å². The number of rotatable bonds is 8. The van der Waals surface area contributed by atoms with Crippen LogP contribution in [0.15, 0.2) is 48.5 Å². The summed E-state index contributed by atoms with van der Waals surface area (Å²) >= 11 is 0. The first kappa shape index (κ1) is 66.1. The molecule has 1 heterocycles. The van der Waals surface area contributed by atoms with Crippen molar-refractivity contribution in [1.82, 2.24) is 14.7 Å². The van der Waals surface area contributed by atoms with Gasteiger partial charge in [0.1, 0.15) is 0 Å². The summed E-state index contributed by atoms with van der Waals surface area (Å²) < 4.78 is 4.83. The molecule has 404 valence electrons. The number of hydrogen-bond donors (Lipinski definition) is 0. The molecule has 8 nitrogen and oxygen atoms in total. The van der Waals surface area contributed by atoms with Crippen LogP contribution in [-0.4, -0.2) is 67.2 Å². The van der Waals surface area contributed by atoms with Gasteiger partial charge in [-0.15, -0.1) is 22.9 Å². The molecule has 9 heteroatoms. The SMILES string of the molecule is CC(C)(C)c1cc(CN2CCN(Cc3cc(C(C)(C)C)cc(C(C)(C)C)c3[O-])CCN(Cc3cc(C(C)(C)C)cc(C(C)(C)C)c3[O-])CC2)c([O-])c(C(C)(C)C)c1.CCOCC.Cc1cc(C)c([NH-])c(C)c1.[U+4]. The second-order valence-corrected chi connectivity index (χ2v) is 26.9. The summed E-state index contributed by atoms with van der Waals surface area (Å²) in [5.74, 6) is 0.412. The first-order chi connectivity index (χ1) is 32.8. The van der Waals surface area contributed by atoms with E-state index in [0.29, 0.717) is 25.3 Å². The zero-order valence-electron chi connectivity index (χ0n) is 50.4. The van der Waals surface area contributed by atoms with Gasteiger partial charge in [-0.3, -0.25) is 14.7 Å². The van der Waals surface area contributed by atoms with E-state index >= 15 is 0 Å². The standard InChI is InChI=1S/C51H81N3O3.C9H12N.C4H10O.U/c1-46(2,3)37-25-34(43(55)40(28-37)49(10,11)12)31-52-19-21-53(32-35-26-38(47(4,5)6)29-41(44(35)56)50(13,14)15)23-24-54(22-20-52)33-36-27-39(48(7,8)9)30-42(45(36)57)51(16,17)18;1-6-4-7(2)9(10)8(3)5-6;1-3-5-4-2;/h25-30,55-57H,19-24,31-33H2,1-18H3;4-5,10H,1-3H3;3-4H2,1-2H3;/q;-1;;+4/p-3. The molecule has 0 unspecified atom stereocenters. The third-order valence-electron chi connectivity index (χ3n) is 14.0. The molecule has 0 atom stereocenters. The van der Waals surface area contributed by atoms with Crippen LogP contribution < -0.4 is 15.3 Å². The van der Waals surface area contributed by atoms with E-state index in [1.165, 1.54) is 22.3 Å². The Morgan fingerprint density at radius 3 is 0.822 bits per heavy atom. The van der Waals surface area contributed by atoms with Crippen molar-refractivity contribution in [1.29, 1.82) is 0 Å². The molecule has 1 saturated heterocycles. The third kappa shape index (κ3) is 19.5. The predicted molar refractivity (Wildman–Crippen MR) is 302 cm³/mol. The third-order valence-corrected chi connectivity index (χ3v) is 14.0. The minimum atomic E-state index is -0.276. The van der Waals surface area contributed by atoms with Gasteiger partial charge in [-0.25, -0.2) is 0 Å². The summed E-state index contributed by atoms with van der Waals surface area (Å²) in [4.78, 5) is 7.28. The molecule has 73 heavy (non-hydrogen) atoms. The van der Waals surface area contributed by atoms with Crippen LogP contribution >= 0.6 is 0 Å². The molecule has 4 aromatic rings. The van der Waals surface area contributed by atoms with Gasteiger partial charge < -0.3 is 25.8 Å². The Hall–Kier alpha value is -3.03. The van der Waals surface area contributed by atoms with Crippen LogP contribution in [0.25, 0.3) is 5.73 Å². The van der Waals surface area contributed by atoms with Crippen molar-refractivity contribution in [2.45, 2.75) is 211 Å². The minimum Gasteiger partial charge on any atom is -0.872 e. The monoisotopic (exact) mass is 1230 g/mol. The van der Waals surface area contributed by atoms with Gasteiger partial charge in [0, 0.05) is 72.1 Å². The average Bonchev–Trinajstić information content (AvgIpc) is 3.31. The summed E-state index contributed by atoms with van der Waals surface area (Å²) in [6.07, 6.45) is 0. The molecule has 1 aliphatic heterocycles. The quantitative estimate of drug-likeness (QED) is 0.173. The first-order valence-electron chi connectivity index (χ1n) is 26.9. The Morgan fingerprint density at radius 2 is 0.644 bits per heavy atom. The molecule has 0 bridgehead atoms. The molecular weight excluding hydrogens is 1130 g/mol. The Labute approximate surface area is 470 Å². The Morgan fingerprint density at radius 1 is 0.411 bits per heavy atom. The zero-order chi connectivity index (χ0) is 55.1. The molecular formula is C64H100N4O4U. The average molecular weight is 1230 g/mol. The molecule has 0 aromatic heterocycles. The molecule has 0 radical (unpaired) electrons. The number of benzene rings is 4. The van der Waals surface area contributed by atoms with E-state index in [0.717, 1.165) is 97.0 Å². The van der Waals surface area contributed by atoms with E-state index in [1.807, 2.05) is 39.8 Å². The van der Waals surface area contributed by atoms with Gasteiger partial charge in [-0.05, 0) is 117 Å². The molecule has 0 amide bonds. The fourth-order valence-electron chi connectivity index (χ4n) is 9.15. The molecule has 0 spiro atoms. The molecule has 4 aromatic carbocycles. The van der Waals surface area contributed by atoms with E-state index in [1.54, 1.807) is 0 Å². The summed E-state index contributed by atoms with van der Waals surface area (Å²) in [6.45, 7) is 57.0. The second-order valence-electron chi connectivity index (χ2n) is 26.9. The number of aryl methyl sites for hydroxylation is 3. The van der Waals surface area contributed by atoms with Gasteiger partial charge in [0.05, 0.1) is 0 Å². The van der Waals surface area contributed by atoms with Crippen molar-refractivity contribution >= 4 is 5.69 Å². The summed E-state index contributed by atoms with van der Waals surface area (Å²) in [6, 6.07) is 16.9. The van der Waals surface area contributed by atoms with Crippen molar-refractivity contribution in [2.75, 3.05) is 52.5 Å². The van der Waals surface area contributed by atoms with E-state index in [4.69, 9.17) is 10.5 Å². The number of nitrogens with zero attached hydrogens (tertiary/aromatic N) is 3. The van der Waals surface area contributed by atoms with Gasteiger partial charge in [-0.1, -0.05) is 190 Å². The summed E-state index contributed by atoms with van der Waals surface area (Å²) in [5, 5.41) is 42.6. The molecule has 1 N–H and O–H groups in total. The zero-order valence-corrected chi connectivity index (χ0v) is 54.5. The maximum absolute atomic E-state index is 14.2. The van der Waals surface area contributed by atoms with Crippen molar-refractivity contribution in [3.8, 4) is 17.2 Å². The minimum absolute atomic E-state index is 0. The number of ether oxygens (including phenoxy) is 1. The molecule has 5 rings (SSSR count). The maximum atomic E-state index is 14.2. The normalized spacial score (nSPS) is 15.0. The van der Waals surface area contributed by atoms with Crippen LogP contribution in [0.4, 0.5) is 5.69 Å². The second kappa shape index (κ2) is 26.3. The van der Waals surface area contributed by atoms with E-state index < -0.39 is 0 Å². The maximum Gasteiger partial charge on any atom is 4.00 e. The van der Waals surface area contributed by atoms with Crippen molar-refractivity contribution in [3.63, 3.8) is 0 Å². The largest absolute Gasteiger partial charge is 4.00 e. The molecule has 0 saturated carbocycles. The molecule has 1 fully saturated rings. The van der Waals surface area contributed by atoms with Crippen molar-refractivity contribution < 1.29 is 51.2 Å². The van der Waals surface area contributed by atoms with E-state index in [-0.39, 0.29) is 80.9 Å². The van der Waals surface area contributed by atoms with Crippen LogP contribution in [0, 0.1) is 51.9 Å². The van der Waals surface area contributed by atoms with Gasteiger partial charge in [0.25, 0.3) is 0 Å². The fraction of sp³-hybridized carbons (Fsp3) is 0.625.